The van der Waals surface area contributed by atoms with Crippen LogP contribution in [0.4, 0.5) is 5.69 Å². The fraction of sp³-hybridized carbons (Fsp3) is 0.462. The predicted octanol–water partition coefficient (Wildman–Crippen LogP) is 2.01. The SMILES string of the molecule is CCOc1ccc(NC(=O)C(CC)CN)cc1. The first-order valence-electron chi connectivity index (χ1n) is 5.95. The van der Waals surface area contributed by atoms with Gasteiger partial charge in [-0.15, -0.1) is 0 Å². The number of hydrogen-bond donors (Lipinski definition) is 2. The van der Waals surface area contributed by atoms with Crippen LogP contribution in [0, 0.1) is 5.92 Å². The molecule has 0 fully saturated rings. The molecule has 0 aliphatic heterocycles. The Morgan fingerprint density at radius 2 is 2.00 bits per heavy atom. The van der Waals surface area contributed by atoms with Crippen LogP contribution < -0.4 is 15.8 Å². The summed E-state index contributed by atoms with van der Waals surface area (Å²) in [5.74, 6) is 0.650. The molecule has 17 heavy (non-hydrogen) atoms. The van der Waals surface area contributed by atoms with Crippen molar-refractivity contribution < 1.29 is 9.53 Å². The molecule has 4 heteroatoms. The highest BCUT2D eigenvalue weighted by Gasteiger charge is 2.14. The smallest absolute Gasteiger partial charge is 0.228 e. The summed E-state index contributed by atoms with van der Waals surface area (Å²) < 4.78 is 5.32. The molecule has 0 aromatic heterocycles. The van der Waals surface area contributed by atoms with Gasteiger partial charge >= 0.3 is 0 Å². The Balaban J connectivity index is 2.59. The second-order valence-electron chi connectivity index (χ2n) is 3.79. The van der Waals surface area contributed by atoms with Crippen LogP contribution in [-0.2, 0) is 4.79 Å². The van der Waals surface area contributed by atoms with Crippen LogP contribution in [-0.4, -0.2) is 19.1 Å². The summed E-state index contributed by atoms with van der Waals surface area (Å²) in [5, 5.41) is 2.84. The van der Waals surface area contributed by atoms with Crippen LogP contribution in [0.1, 0.15) is 20.3 Å². The number of nitrogens with two attached hydrogens (primary N) is 1. The lowest BCUT2D eigenvalue weighted by molar-refractivity contribution is -0.119. The summed E-state index contributed by atoms with van der Waals surface area (Å²) in [6.45, 7) is 4.90. The van der Waals surface area contributed by atoms with E-state index in [4.69, 9.17) is 10.5 Å². The molecular weight excluding hydrogens is 216 g/mol. The molecule has 1 aromatic carbocycles. The monoisotopic (exact) mass is 236 g/mol. The Kier molecular flexibility index (Phi) is 5.49. The molecule has 1 amide bonds. The fourth-order valence-corrected chi connectivity index (χ4v) is 1.50. The number of rotatable bonds is 6. The van der Waals surface area contributed by atoms with Crippen molar-refractivity contribution in [2.75, 3.05) is 18.5 Å². The normalized spacial score (nSPS) is 11.9. The van der Waals surface area contributed by atoms with Gasteiger partial charge in [-0.3, -0.25) is 4.79 Å². The number of anilines is 1. The number of benzene rings is 1. The van der Waals surface area contributed by atoms with Gasteiger partial charge in [0.2, 0.25) is 5.91 Å². The minimum Gasteiger partial charge on any atom is -0.494 e. The zero-order chi connectivity index (χ0) is 12.7. The molecule has 4 nitrogen and oxygen atoms in total. The van der Waals surface area contributed by atoms with Crippen molar-refractivity contribution in [1.82, 2.24) is 0 Å². The molecule has 1 atom stereocenters. The van der Waals surface area contributed by atoms with Gasteiger partial charge in [0, 0.05) is 12.2 Å². The Labute approximate surface area is 102 Å². The lowest BCUT2D eigenvalue weighted by Gasteiger charge is -2.12. The molecule has 1 rings (SSSR count). The number of carbonyl (C=O) groups is 1. The van der Waals surface area contributed by atoms with E-state index in [1.165, 1.54) is 0 Å². The Bertz CT molecular complexity index is 345. The summed E-state index contributed by atoms with van der Waals surface area (Å²) in [4.78, 5) is 11.8. The second kappa shape index (κ2) is 6.91. The van der Waals surface area contributed by atoms with Gasteiger partial charge in [0.05, 0.1) is 12.5 Å². The van der Waals surface area contributed by atoms with E-state index >= 15 is 0 Å². The lowest BCUT2D eigenvalue weighted by atomic mass is 10.1. The van der Waals surface area contributed by atoms with Crippen molar-refractivity contribution in [3.63, 3.8) is 0 Å². The minimum absolute atomic E-state index is 0.0286. The Morgan fingerprint density at radius 3 is 2.47 bits per heavy atom. The number of carbonyl (C=O) groups excluding carboxylic acids is 1. The second-order valence-corrected chi connectivity index (χ2v) is 3.79. The number of ether oxygens (including phenoxy) is 1. The van der Waals surface area contributed by atoms with Gasteiger partial charge in [-0.2, -0.15) is 0 Å². The largest absolute Gasteiger partial charge is 0.494 e. The number of amides is 1. The van der Waals surface area contributed by atoms with E-state index in [1.54, 1.807) is 0 Å². The Hall–Kier alpha value is -1.55. The summed E-state index contributed by atoms with van der Waals surface area (Å²) in [6, 6.07) is 7.32. The van der Waals surface area contributed by atoms with Crippen LogP contribution >= 0.6 is 0 Å². The van der Waals surface area contributed by atoms with Gasteiger partial charge < -0.3 is 15.8 Å². The van der Waals surface area contributed by atoms with Crippen LogP contribution in [0.25, 0.3) is 0 Å². The summed E-state index contributed by atoms with van der Waals surface area (Å²) >= 11 is 0. The molecule has 1 unspecified atom stereocenters. The highest BCUT2D eigenvalue weighted by atomic mass is 16.5. The van der Waals surface area contributed by atoms with E-state index in [2.05, 4.69) is 5.32 Å². The maximum absolute atomic E-state index is 11.8. The lowest BCUT2D eigenvalue weighted by Crippen LogP contribution is -2.28. The van der Waals surface area contributed by atoms with Gasteiger partial charge in [-0.05, 0) is 37.6 Å². The van der Waals surface area contributed by atoms with Crippen molar-refractivity contribution in [2.24, 2.45) is 11.7 Å². The molecule has 3 N–H and O–H groups in total. The first-order chi connectivity index (χ1) is 8.21. The average Bonchev–Trinajstić information content (AvgIpc) is 2.33. The molecule has 1 aromatic rings. The third kappa shape index (κ3) is 4.07. The quantitative estimate of drug-likeness (QED) is 0.794. The molecule has 0 bridgehead atoms. The molecule has 0 heterocycles. The standard InChI is InChI=1S/C13H20N2O2/c1-3-10(9-14)13(16)15-11-5-7-12(8-6-11)17-4-2/h5-8,10H,3-4,9,14H2,1-2H3,(H,15,16). The summed E-state index contributed by atoms with van der Waals surface area (Å²) in [5.41, 5.74) is 6.29. The van der Waals surface area contributed by atoms with Crippen molar-refractivity contribution >= 4 is 11.6 Å². The van der Waals surface area contributed by atoms with Crippen molar-refractivity contribution in [2.45, 2.75) is 20.3 Å². The van der Waals surface area contributed by atoms with E-state index in [-0.39, 0.29) is 11.8 Å². The minimum atomic E-state index is -0.124. The molecule has 0 radical (unpaired) electrons. The van der Waals surface area contributed by atoms with E-state index < -0.39 is 0 Å². The Morgan fingerprint density at radius 1 is 1.35 bits per heavy atom. The van der Waals surface area contributed by atoms with E-state index in [0.29, 0.717) is 13.2 Å². The zero-order valence-corrected chi connectivity index (χ0v) is 10.4. The zero-order valence-electron chi connectivity index (χ0n) is 10.4. The highest BCUT2D eigenvalue weighted by Crippen LogP contribution is 2.16. The molecule has 0 aliphatic carbocycles. The van der Waals surface area contributed by atoms with Crippen LogP contribution in [0.2, 0.25) is 0 Å². The third-order valence-corrected chi connectivity index (χ3v) is 2.58. The predicted molar refractivity (Wildman–Crippen MR) is 69.1 cm³/mol. The van der Waals surface area contributed by atoms with Crippen LogP contribution in [0.5, 0.6) is 5.75 Å². The topological polar surface area (TPSA) is 64.3 Å². The molecule has 0 aliphatic rings. The number of hydrogen-bond acceptors (Lipinski definition) is 3. The van der Waals surface area contributed by atoms with Crippen LogP contribution in [0.15, 0.2) is 24.3 Å². The molecule has 0 saturated carbocycles. The van der Waals surface area contributed by atoms with Crippen molar-refractivity contribution in [1.29, 1.82) is 0 Å². The number of nitrogens with one attached hydrogen (secondary N) is 1. The van der Waals surface area contributed by atoms with Crippen molar-refractivity contribution in [3.8, 4) is 5.75 Å². The summed E-state index contributed by atoms with van der Waals surface area (Å²) in [7, 11) is 0. The highest BCUT2D eigenvalue weighted by molar-refractivity contribution is 5.92. The maximum Gasteiger partial charge on any atom is 0.228 e. The first-order valence-corrected chi connectivity index (χ1v) is 5.95. The third-order valence-electron chi connectivity index (χ3n) is 2.58. The molecular formula is C13H20N2O2. The van der Waals surface area contributed by atoms with E-state index in [9.17, 15) is 4.79 Å². The van der Waals surface area contributed by atoms with Gasteiger partial charge in [-0.1, -0.05) is 6.92 Å². The van der Waals surface area contributed by atoms with Crippen molar-refractivity contribution in [3.05, 3.63) is 24.3 Å². The van der Waals surface area contributed by atoms with E-state index in [1.807, 2.05) is 38.1 Å². The van der Waals surface area contributed by atoms with Gasteiger partial charge in [0.15, 0.2) is 0 Å². The van der Waals surface area contributed by atoms with E-state index in [0.717, 1.165) is 17.9 Å². The summed E-state index contributed by atoms with van der Waals surface area (Å²) in [6.07, 6.45) is 0.749. The van der Waals surface area contributed by atoms with Gasteiger partial charge in [-0.25, -0.2) is 0 Å². The fourth-order valence-electron chi connectivity index (χ4n) is 1.50. The average molecular weight is 236 g/mol. The molecule has 0 saturated heterocycles. The molecule has 94 valence electrons. The maximum atomic E-state index is 11.8. The van der Waals surface area contributed by atoms with Crippen LogP contribution in [0.3, 0.4) is 0 Å². The van der Waals surface area contributed by atoms with Gasteiger partial charge in [0.1, 0.15) is 5.75 Å². The first kappa shape index (κ1) is 13.5. The molecule has 0 spiro atoms. The van der Waals surface area contributed by atoms with Gasteiger partial charge in [0.25, 0.3) is 0 Å².